The van der Waals surface area contributed by atoms with Gasteiger partial charge in [0.2, 0.25) is 0 Å². The van der Waals surface area contributed by atoms with E-state index in [0.717, 1.165) is 5.56 Å². The Labute approximate surface area is 86.5 Å². The van der Waals surface area contributed by atoms with Gasteiger partial charge in [-0.3, -0.25) is 0 Å². The SMILES string of the molecule is CC(C)c1ccc2c(C(=O)O)noc2c1. The molecule has 0 spiro atoms. The summed E-state index contributed by atoms with van der Waals surface area (Å²) in [5, 5.41) is 12.9. The number of rotatable bonds is 2. The van der Waals surface area contributed by atoms with Gasteiger partial charge in [-0.2, -0.15) is 0 Å². The lowest BCUT2D eigenvalue weighted by atomic mass is 10.0. The van der Waals surface area contributed by atoms with Gasteiger partial charge in [0.1, 0.15) is 0 Å². The first-order valence-corrected chi connectivity index (χ1v) is 4.72. The van der Waals surface area contributed by atoms with E-state index in [-0.39, 0.29) is 5.69 Å². The molecule has 0 atom stereocenters. The minimum absolute atomic E-state index is 0.0275. The van der Waals surface area contributed by atoms with E-state index in [1.807, 2.05) is 12.1 Å². The molecule has 15 heavy (non-hydrogen) atoms. The molecule has 0 amide bonds. The van der Waals surface area contributed by atoms with Gasteiger partial charge in [-0.25, -0.2) is 4.79 Å². The fourth-order valence-electron chi connectivity index (χ4n) is 1.47. The van der Waals surface area contributed by atoms with Crippen LogP contribution in [-0.2, 0) is 0 Å². The number of benzene rings is 1. The lowest BCUT2D eigenvalue weighted by Gasteiger charge is -2.03. The van der Waals surface area contributed by atoms with Crippen molar-refractivity contribution in [2.75, 3.05) is 0 Å². The second kappa shape index (κ2) is 3.38. The zero-order valence-corrected chi connectivity index (χ0v) is 8.52. The Morgan fingerprint density at radius 3 is 2.80 bits per heavy atom. The first kappa shape index (κ1) is 9.71. The van der Waals surface area contributed by atoms with Gasteiger partial charge < -0.3 is 9.63 Å². The molecule has 1 heterocycles. The van der Waals surface area contributed by atoms with Crippen LogP contribution in [0.5, 0.6) is 0 Å². The quantitative estimate of drug-likeness (QED) is 0.818. The first-order valence-electron chi connectivity index (χ1n) is 4.72. The average Bonchev–Trinajstić information content (AvgIpc) is 2.59. The van der Waals surface area contributed by atoms with E-state index >= 15 is 0 Å². The number of fused-ring (bicyclic) bond motifs is 1. The van der Waals surface area contributed by atoms with Gasteiger partial charge >= 0.3 is 5.97 Å². The van der Waals surface area contributed by atoms with Gasteiger partial charge in [0.05, 0.1) is 5.39 Å². The van der Waals surface area contributed by atoms with Crippen LogP contribution in [0.1, 0.15) is 35.8 Å². The molecule has 4 heteroatoms. The van der Waals surface area contributed by atoms with Gasteiger partial charge in [-0.15, -0.1) is 0 Å². The van der Waals surface area contributed by atoms with Crippen LogP contribution >= 0.6 is 0 Å². The highest BCUT2D eigenvalue weighted by Gasteiger charge is 2.15. The number of hydrogen-bond acceptors (Lipinski definition) is 3. The van der Waals surface area contributed by atoms with E-state index < -0.39 is 5.97 Å². The highest BCUT2D eigenvalue weighted by Crippen LogP contribution is 2.23. The Morgan fingerprint density at radius 2 is 2.20 bits per heavy atom. The van der Waals surface area contributed by atoms with Crippen LogP contribution in [0.25, 0.3) is 11.0 Å². The van der Waals surface area contributed by atoms with Crippen LogP contribution in [0.2, 0.25) is 0 Å². The number of carbonyl (C=O) groups is 1. The van der Waals surface area contributed by atoms with Crippen LogP contribution in [0.15, 0.2) is 22.7 Å². The lowest BCUT2D eigenvalue weighted by Crippen LogP contribution is -1.96. The molecular formula is C11H11NO3. The Bertz CT molecular complexity index is 514. The smallest absolute Gasteiger partial charge is 0.358 e. The molecule has 1 aromatic heterocycles. The zero-order valence-electron chi connectivity index (χ0n) is 8.52. The number of aromatic nitrogens is 1. The molecule has 2 aromatic rings. The molecule has 1 N–H and O–H groups in total. The largest absolute Gasteiger partial charge is 0.476 e. The number of nitrogens with zero attached hydrogens (tertiary/aromatic N) is 1. The fourth-order valence-corrected chi connectivity index (χ4v) is 1.47. The minimum atomic E-state index is -1.06. The average molecular weight is 205 g/mol. The van der Waals surface area contributed by atoms with Crippen molar-refractivity contribution in [3.8, 4) is 0 Å². The number of carboxylic acid groups (broad SMARTS) is 1. The summed E-state index contributed by atoms with van der Waals surface area (Å²) < 4.78 is 4.97. The van der Waals surface area contributed by atoms with Crippen molar-refractivity contribution in [2.45, 2.75) is 19.8 Å². The second-order valence-corrected chi connectivity index (χ2v) is 3.75. The van der Waals surface area contributed by atoms with Crippen LogP contribution in [0, 0.1) is 0 Å². The molecule has 0 bridgehead atoms. The molecule has 0 radical (unpaired) electrons. The zero-order chi connectivity index (χ0) is 11.0. The molecule has 0 aliphatic carbocycles. The third kappa shape index (κ3) is 1.58. The summed E-state index contributed by atoms with van der Waals surface area (Å²) in [6.45, 7) is 4.13. The molecule has 1 aromatic carbocycles. The number of hydrogen-bond donors (Lipinski definition) is 1. The van der Waals surface area contributed by atoms with Crippen LogP contribution in [-0.4, -0.2) is 16.2 Å². The van der Waals surface area contributed by atoms with Gasteiger partial charge in [0.25, 0.3) is 0 Å². The van der Waals surface area contributed by atoms with E-state index in [1.54, 1.807) is 6.07 Å². The molecule has 0 aliphatic heterocycles. The van der Waals surface area contributed by atoms with Crippen molar-refractivity contribution in [2.24, 2.45) is 0 Å². The van der Waals surface area contributed by atoms with E-state index in [0.29, 0.717) is 16.9 Å². The lowest BCUT2D eigenvalue weighted by molar-refractivity contribution is 0.0688. The normalized spacial score (nSPS) is 11.1. The van der Waals surface area contributed by atoms with Crippen molar-refractivity contribution in [1.82, 2.24) is 5.16 Å². The maximum Gasteiger partial charge on any atom is 0.358 e. The molecule has 0 aliphatic rings. The molecular weight excluding hydrogens is 194 g/mol. The maximum atomic E-state index is 10.8. The molecule has 0 saturated carbocycles. The molecule has 78 valence electrons. The van der Waals surface area contributed by atoms with Crippen LogP contribution in [0.3, 0.4) is 0 Å². The van der Waals surface area contributed by atoms with Crippen molar-refractivity contribution >= 4 is 16.9 Å². The Morgan fingerprint density at radius 1 is 1.47 bits per heavy atom. The van der Waals surface area contributed by atoms with Gasteiger partial charge in [0, 0.05) is 0 Å². The van der Waals surface area contributed by atoms with Crippen LogP contribution in [0.4, 0.5) is 0 Å². The molecule has 4 nitrogen and oxygen atoms in total. The third-order valence-electron chi connectivity index (χ3n) is 2.37. The van der Waals surface area contributed by atoms with E-state index in [1.165, 1.54) is 0 Å². The van der Waals surface area contributed by atoms with E-state index in [9.17, 15) is 4.79 Å². The molecule has 0 saturated heterocycles. The standard InChI is InChI=1S/C11H11NO3/c1-6(2)7-3-4-8-9(5-7)15-12-10(8)11(13)14/h3-6H,1-2H3,(H,13,14). The summed E-state index contributed by atoms with van der Waals surface area (Å²) in [7, 11) is 0. The summed E-state index contributed by atoms with van der Waals surface area (Å²) in [6.07, 6.45) is 0. The van der Waals surface area contributed by atoms with Crippen molar-refractivity contribution in [1.29, 1.82) is 0 Å². The molecule has 2 rings (SSSR count). The predicted molar refractivity (Wildman–Crippen MR) is 55.1 cm³/mol. The Balaban J connectivity index is 2.61. The summed E-state index contributed by atoms with van der Waals surface area (Å²) in [5.41, 5.74) is 1.61. The minimum Gasteiger partial charge on any atom is -0.476 e. The van der Waals surface area contributed by atoms with Crippen LogP contribution < -0.4 is 0 Å². The highest BCUT2D eigenvalue weighted by atomic mass is 16.5. The summed E-state index contributed by atoms with van der Waals surface area (Å²) in [4.78, 5) is 10.8. The van der Waals surface area contributed by atoms with E-state index in [2.05, 4.69) is 19.0 Å². The van der Waals surface area contributed by atoms with Crippen molar-refractivity contribution < 1.29 is 14.4 Å². The summed E-state index contributed by atoms with van der Waals surface area (Å²) in [6, 6.07) is 5.47. The van der Waals surface area contributed by atoms with Gasteiger partial charge in [0.15, 0.2) is 11.3 Å². The monoisotopic (exact) mass is 205 g/mol. The number of carboxylic acids is 1. The first-order chi connectivity index (χ1) is 7.09. The highest BCUT2D eigenvalue weighted by molar-refractivity contribution is 6.00. The summed E-state index contributed by atoms with van der Waals surface area (Å²) >= 11 is 0. The van der Waals surface area contributed by atoms with Crippen molar-refractivity contribution in [3.63, 3.8) is 0 Å². The summed E-state index contributed by atoms with van der Waals surface area (Å²) in [5.74, 6) is -0.682. The topological polar surface area (TPSA) is 63.3 Å². The number of aromatic carboxylic acids is 1. The molecule has 0 fully saturated rings. The fraction of sp³-hybridized carbons (Fsp3) is 0.273. The Hall–Kier alpha value is -1.84. The van der Waals surface area contributed by atoms with Gasteiger partial charge in [-0.1, -0.05) is 25.1 Å². The third-order valence-corrected chi connectivity index (χ3v) is 2.37. The van der Waals surface area contributed by atoms with Crippen molar-refractivity contribution in [3.05, 3.63) is 29.5 Å². The maximum absolute atomic E-state index is 10.8. The Kier molecular flexibility index (Phi) is 2.19. The van der Waals surface area contributed by atoms with E-state index in [4.69, 9.17) is 9.63 Å². The predicted octanol–water partition coefficient (Wildman–Crippen LogP) is 2.65. The van der Waals surface area contributed by atoms with Gasteiger partial charge in [-0.05, 0) is 23.6 Å². The second-order valence-electron chi connectivity index (χ2n) is 3.75. The molecule has 0 unspecified atom stereocenters.